The summed E-state index contributed by atoms with van der Waals surface area (Å²) in [5.41, 5.74) is 0.986. The molecule has 0 fully saturated rings. The smallest absolute Gasteiger partial charge is 0.352 e. The zero-order valence-electron chi connectivity index (χ0n) is 12.2. The normalized spacial score (nSPS) is 11.3. The van der Waals surface area contributed by atoms with E-state index in [0.29, 0.717) is 18.4 Å². The lowest BCUT2D eigenvalue weighted by Crippen LogP contribution is -2.23. The number of rotatable bonds is 5. The summed E-state index contributed by atoms with van der Waals surface area (Å²) in [6.07, 6.45) is -3.40. The van der Waals surface area contributed by atoms with Gasteiger partial charge < -0.3 is 5.32 Å². The summed E-state index contributed by atoms with van der Waals surface area (Å²) in [6.45, 7) is 0.218. The van der Waals surface area contributed by atoms with Crippen LogP contribution in [0.4, 0.5) is 13.2 Å². The lowest BCUT2D eigenvalue weighted by atomic mass is 10.1. The third-order valence-corrected chi connectivity index (χ3v) is 3.79. The van der Waals surface area contributed by atoms with Gasteiger partial charge in [-0.3, -0.25) is 4.79 Å². The van der Waals surface area contributed by atoms with E-state index in [1.807, 2.05) is 24.3 Å². The summed E-state index contributed by atoms with van der Waals surface area (Å²) in [5, 5.41) is 2.71. The van der Waals surface area contributed by atoms with E-state index in [0.717, 1.165) is 22.2 Å². The molecule has 0 bridgehead atoms. The van der Waals surface area contributed by atoms with Gasteiger partial charge in [-0.05, 0) is 41.8 Å². The van der Waals surface area contributed by atoms with Gasteiger partial charge in [0.15, 0.2) is 0 Å². The van der Waals surface area contributed by atoms with E-state index >= 15 is 0 Å². The first kappa shape index (κ1) is 17.5. The minimum absolute atomic E-state index is 0.134. The fraction of sp³-hybridized carbons (Fsp3) is 0.235. The third-order valence-electron chi connectivity index (χ3n) is 3.30. The van der Waals surface area contributed by atoms with E-state index in [-0.39, 0.29) is 12.5 Å². The molecular weight excluding hydrogens is 371 g/mol. The maximum absolute atomic E-state index is 12.5. The molecule has 2 aromatic carbocycles. The summed E-state index contributed by atoms with van der Waals surface area (Å²) in [5.74, 6) is -0.134. The van der Waals surface area contributed by atoms with Crippen LogP contribution in [0.25, 0.3) is 0 Å². The van der Waals surface area contributed by atoms with Gasteiger partial charge in [-0.1, -0.05) is 40.2 Å². The molecule has 122 valence electrons. The van der Waals surface area contributed by atoms with Crippen LogP contribution in [0.2, 0.25) is 0 Å². The molecule has 0 aliphatic heterocycles. The Balaban J connectivity index is 1.80. The summed E-state index contributed by atoms with van der Waals surface area (Å²) >= 11 is 3.37. The Bertz CT molecular complexity index is 668. The first-order chi connectivity index (χ1) is 10.8. The number of halogens is 4. The van der Waals surface area contributed by atoms with Crippen molar-refractivity contribution in [3.8, 4) is 0 Å². The van der Waals surface area contributed by atoms with Crippen molar-refractivity contribution in [3.05, 3.63) is 69.7 Å². The predicted octanol–water partition coefficient (Wildman–Crippen LogP) is 4.72. The second-order valence-electron chi connectivity index (χ2n) is 5.10. The molecule has 0 heterocycles. The molecular formula is C17H15BrF3NO. The van der Waals surface area contributed by atoms with E-state index in [1.165, 1.54) is 12.1 Å². The Morgan fingerprint density at radius 1 is 1.04 bits per heavy atom. The maximum atomic E-state index is 12.5. The largest absolute Gasteiger partial charge is 0.416 e. The van der Waals surface area contributed by atoms with Crippen LogP contribution in [-0.4, -0.2) is 5.91 Å². The molecule has 23 heavy (non-hydrogen) atoms. The Kier molecular flexibility index (Phi) is 5.82. The molecule has 0 atom stereocenters. The van der Waals surface area contributed by atoms with Crippen molar-refractivity contribution in [2.45, 2.75) is 25.6 Å². The van der Waals surface area contributed by atoms with Crippen molar-refractivity contribution in [2.24, 2.45) is 0 Å². The monoisotopic (exact) mass is 385 g/mol. The van der Waals surface area contributed by atoms with Crippen molar-refractivity contribution in [2.75, 3.05) is 0 Å². The van der Waals surface area contributed by atoms with Crippen molar-refractivity contribution in [1.82, 2.24) is 5.32 Å². The van der Waals surface area contributed by atoms with Gasteiger partial charge in [0.2, 0.25) is 5.91 Å². The molecule has 0 saturated carbocycles. The summed E-state index contributed by atoms with van der Waals surface area (Å²) in [7, 11) is 0. The van der Waals surface area contributed by atoms with Crippen LogP contribution in [0, 0.1) is 0 Å². The molecule has 2 rings (SSSR count). The number of carbonyl (C=O) groups excluding carboxylic acids is 1. The highest BCUT2D eigenvalue weighted by Gasteiger charge is 2.29. The summed E-state index contributed by atoms with van der Waals surface area (Å²) < 4.78 is 38.3. The van der Waals surface area contributed by atoms with Gasteiger partial charge in [0, 0.05) is 17.4 Å². The molecule has 0 aromatic heterocycles. The molecule has 0 aliphatic carbocycles. The molecule has 1 N–H and O–H groups in total. The van der Waals surface area contributed by atoms with Crippen LogP contribution in [0.15, 0.2) is 53.0 Å². The summed E-state index contributed by atoms with van der Waals surface area (Å²) in [6, 6.07) is 12.5. The van der Waals surface area contributed by atoms with Gasteiger partial charge >= 0.3 is 6.18 Å². The highest BCUT2D eigenvalue weighted by molar-refractivity contribution is 9.10. The van der Waals surface area contributed by atoms with E-state index in [2.05, 4.69) is 21.2 Å². The lowest BCUT2D eigenvalue weighted by Gasteiger charge is -2.09. The fourth-order valence-corrected chi connectivity index (χ4v) is 2.50. The molecule has 0 spiro atoms. The van der Waals surface area contributed by atoms with Gasteiger partial charge in [-0.15, -0.1) is 0 Å². The zero-order chi connectivity index (χ0) is 16.9. The summed E-state index contributed by atoms with van der Waals surface area (Å²) in [4.78, 5) is 11.8. The molecule has 0 aliphatic rings. The topological polar surface area (TPSA) is 29.1 Å². The lowest BCUT2D eigenvalue weighted by molar-refractivity contribution is -0.137. The van der Waals surface area contributed by atoms with E-state index in [1.54, 1.807) is 0 Å². The number of aryl methyl sites for hydroxylation is 1. The van der Waals surface area contributed by atoms with Crippen LogP contribution in [0.5, 0.6) is 0 Å². The number of benzene rings is 2. The second kappa shape index (κ2) is 7.64. The minimum atomic E-state index is -4.34. The Morgan fingerprint density at radius 2 is 1.74 bits per heavy atom. The predicted molar refractivity (Wildman–Crippen MR) is 85.8 cm³/mol. The highest BCUT2D eigenvalue weighted by atomic mass is 79.9. The van der Waals surface area contributed by atoms with E-state index in [9.17, 15) is 18.0 Å². The number of amides is 1. The van der Waals surface area contributed by atoms with Crippen LogP contribution in [0.3, 0.4) is 0 Å². The molecule has 1 amide bonds. The molecule has 0 radical (unpaired) electrons. The van der Waals surface area contributed by atoms with Gasteiger partial charge in [-0.2, -0.15) is 13.2 Å². The third kappa shape index (κ3) is 5.71. The molecule has 6 heteroatoms. The molecule has 0 unspecified atom stereocenters. The van der Waals surface area contributed by atoms with Crippen molar-refractivity contribution in [1.29, 1.82) is 0 Å². The maximum Gasteiger partial charge on any atom is 0.416 e. The van der Waals surface area contributed by atoms with Crippen molar-refractivity contribution >= 4 is 21.8 Å². The second-order valence-corrected chi connectivity index (χ2v) is 6.02. The van der Waals surface area contributed by atoms with Crippen molar-refractivity contribution < 1.29 is 18.0 Å². The van der Waals surface area contributed by atoms with Gasteiger partial charge in [0.05, 0.1) is 5.56 Å². The first-order valence-corrected chi connectivity index (χ1v) is 7.81. The van der Waals surface area contributed by atoms with Crippen LogP contribution < -0.4 is 5.32 Å². The van der Waals surface area contributed by atoms with Crippen LogP contribution in [-0.2, 0) is 23.9 Å². The number of hydrogen-bond donors (Lipinski definition) is 1. The van der Waals surface area contributed by atoms with Gasteiger partial charge in [0.1, 0.15) is 0 Å². The quantitative estimate of drug-likeness (QED) is 0.792. The Hall–Kier alpha value is -1.82. The number of hydrogen-bond acceptors (Lipinski definition) is 1. The number of alkyl halides is 3. The van der Waals surface area contributed by atoms with Crippen LogP contribution in [0.1, 0.15) is 23.1 Å². The Morgan fingerprint density at radius 3 is 2.35 bits per heavy atom. The van der Waals surface area contributed by atoms with E-state index in [4.69, 9.17) is 0 Å². The van der Waals surface area contributed by atoms with Crippen LogP contribution >= 0.6 is 15.9 Å². The Labute approximate surface area is 140 Å². The molecule has 2 nitrogen and oxygen atoms in total. The average molecular weight is 386 g/mol. The SMILES string of the molecule is O=C(CCc1cccc(Br)c1)NCc1ccc(C(F)(F)F)cc1. The number of nitrogens with one attached hydrogen (secondary N) is 1. The fourth-order valence-electron chi connectivity index (χ4n) is 2.05. The van der Waals surface area contributed by atoms with Gasteiger partial charge in [0.25, 0.3) is 0 Å². The van der Waals surface area contributed by atoms with Crippen molar-refractivity contribution in [3.63, 3.8) is 0 Å². The molecule has 0 saturated heterocycles. The minimum Gasteiger partial charge on any atom is -0.352 e. The molecule has 2 aromatic rings. The first-order valence-electron chi connectivity index (χ1n) is 7.02. The zero-order valence-corrected chi connectivity index (χ0v) is 13.7. The highest BCUT2D eigenvalue weighted by Crippen LogP contribution is 2.29. The van der Waals surface area contributed by atoms with E-state index < -0.39 is 11.7 Å². The van der Waals surface area contributed by atoms with Gasteiger partial charge in [-0.25, -0.2) is 0 Å². The standard InChI is InChI=1S/C17H15BrF3NO/c18-15-3-1-2-12(10-15)6-9-16(23)22-11-13-4-7-14(8-5-13)17(19,20)21/h1-5,7-8,10H,6,9,11H2,(H,22,23). The average Bonchev–Trinajstić information content (AvgIpc) is 2.50. The number of carbonyl (C=O) groups is 1.